The predicted molar refractivity (Wildman–Crippen MR) is 465 cm³/mol. The third-order valence-corrected chi connectivity index (χ3v) is 22.8. The zero-order chi connectivity index (χ0) is 88.3. The smallest absolute Gasteiger partial charge is 0.379 e. The van der Waals surface area contributed by atoms with Gasteiger partial charge in [0.25, 0.3) is 0 Å². The van der Waals surface area contributed by atoms with Gasteiger partial charge < -0.3 is 119 Å². The maximum absolute atomic E-state index is 13.8. The molecule has 5 rings (SSSR count). The summed E-state index contributed by atoms with van der Waals surface area (Å²) in [5.41, 5.74) is 0. The first-order valence-electron chi connectivity index (χ1n) is 48.7. The van der Waals surface area contributed by atoms with E-state index in [1.807, 2.05) is 0 Å². The second-order valence-corrected chi connectivity index (χ2v) is 33.9. The Bertz CT molecular complexity index is 2550. The lowest BCUT2D eigenvalue weighted by Crippen LogP contribution is -2.70. The molecule has 1 amide bonds. The Hall–Kier alpha value is -1.63. The molecule has 0 aliphatic carbocycles. The van der Waals surface area contributed by atoms with Crippen molar-refractivity contribution in [2.45, 2.75) is 457 Å². The van der Waals surface area contributed by atoms with E-state index in [2.05, 4.69) is 109 Å². The van der Waals surface area contributed by atoms with Gasteiger partial charge in [-0.1, -0.05) is 200 Å². The van der Waals surface area contributed by atoms with Crippen molar-refractivity contribution in [3.63, 3.8) is 0 Å². The molecule has 5 heterocycles. The van der Waals surface area contributed by atoms with Crippen LogP contribution in [0.25, 0.3) is 0 Å². The number of ether oxygens (including phenoxy) is 24. The van der Waals surface area contributed by atoms with E-state index in [-0.39, 0.29) is 58.8 Å². The summed E-state index contributed by atoms with van der Waals surface area (Å²) in [7, 11) is -3.35. The highest BCUT2D eigenvalue weighted by Crippen LogP contribution is 2.42. The standard InChI is InChI=1S/C92H174NO28P/c1-17-32-47-97-62-68-74(100-50-35-20-4)80(105-55-40-25-9)84(108-58-43-28-12)89(115-68)112-65-71-77(103-53-38-23-7)83(86(110-60-45-30-14)91(117-71)119-78-70(64-99-49-34-19-3)114-88(111-61-46-31-15)73(93-67(16)94)79(78)104-54-39-24-8)120-92-87(82(107-57-42-27-11)75(101-51-36-21-5)69(116-92)63-98-48-33-18-2)121-90-85(109-59-44-29-13)81(106-56-41-26-10)76(102-52-37-22-6)72(118-90)66-113-122(95)96/h68-92H,17-66H2,1-16H3,(H,93,94)/t68?,69-,70?,71?,72-,73?,74+,75+,76+,77+,78+,79+,80-,81?,82?,83-,84?,85?,86?,87?,88+,89-,90+,91-,92+/m0/s1. The molecule has 1 N–H and O–H groups in total. The third-order valence-electron chi connectivity index (χ3n) is 22.5. The molecule has 0 saturated carbocycles. The van der Waals surface area contributed by atoms with Gasteiger partial charge in [-0.05, 0) is 96.3 Å². The minimum atomic E-state index is -3.35. The molecule has 10 unspecified atom stereocenters. The fourth-order valence-corrected chi connectivity index (χ4v) is 15.4. The normalized spacial score (nSPS) is 30.8. The summed E-state index contributed by atoms with van der Waals surface area (Å²) in [4.78, 5) is 13.8. The molecule has 0 spiro atoms. The molecule has 0 aromatic heterocycles. The van der Waals surface area contributed by atoms with E-state index in [0.29, 0.717) is 118 Å². The zero-order valence-electron chi connectivity index (χ0n) is 78.7. The number of hydrogen-bond acceptors (Lipinski definition) is 28. The Balaban J connectivity index is 1.97. The molecule has 5 fully saturated rings. The highest BCUT2D eigenvalue weighted by atomic mass is 31.1. The van der Waals surface area contributed by atoms with Gasteiger partial charge in [0.1, 0.15) is 122 Å². The number of amides is 1. The number of unbranched alkanes of at least 4 members (excludes halogenated alkanes) is 15. The maximum atomic E-state index is 13.8. The summed E-state index contributed by atoms with van der Waals surface area (Å²) in [6.07, 6.45) is -0.626. The molecule has 5 aliphatic heterocycles. The van der Waals surface area contributed by atoms with Crippen molar-refractivity contribution in [3.05, 3.63) is 0 Å². The van der Waals surface area contributed by atoms with Gasteiger partial charge in [-0.3, -0.25) is 9.32 Å². The second kappa shape index (κ2) is 69.3. The minimum absolute atomic E-state index is 0.0523. The monoisotopic (exact) mass is 1770 g/mol. The van der Waals surface area contributed by atoms with E-state index >= 15 is 0 Å². The molecule has 25 atom stereocenters. The molecule has 0 bridgehead atoms. The van der Waals surface area contributed by atoms with Crippen molar-refractivity contribution in [2.24, 2.45) is 0 Å². The van der Waals surface area contributed by atoms with Crippen molar-refractivity contribution >= 4 is 13.8 Å². The fourth-order valence-electron chi connectivity index (χ4n) is 15.1. The molecule has 5 saturated heterocycles. The van der Waals surface area contributed by atoms with Crippen LogP contribution in [-0.4, -0.2) is 292 Å². The van der Waals surface area contributed by atoms with Crippen LogP contribution in [0, 0.1) is 0 Å². The Morgan fingerprint density at radius 3 is 0.828 bits per heavy atom. The van der Waals surface area contributed by atoms with E-state index in [1.165, 1.54) is 6.92 Å². The number of carbonyl (C=O) groups is 1. The molecule has 0 radical (unpaired) electrons. The summed E-state index contributed by atoms with van der Waals surface area (Å²) < 4.78 is 204. The molecule has 0 aromatic rings. The molecule has 0 aromatic carbocycles. The molecule has 29 nitrogen and oxygen atoms in total. The van der Waals surface area contributed by atoms with E-state index < -0.39 is 168 Å². The van der Waals surface area contributed by atoms with Crippen molar-refractivity contribution in [3.8, 4) is 0 Å². The Morgan fingerprint density at radius 2 is 0.475 bits per heavy atom. The fraction of sp³-hybridized carbons (Fsp3) is 0.989. The van der Waals surface area contributed by atoms with Gasteiger partial charge in [0.05, 0.1) is 33.0 Å². The lowest BCUT2D eigenvalue weighted by molar-refractivity contribution is -0.407. The van der Waals surface area contributed by atoms with Crippen LogP contribution in [0.15, 0.2) is 0 Å². The summed E-state index contributed by atoms with van der Waals surface area (Å²) in [5.74, 6) is -0.322. The van der Waals surface area contributed by atoms with Crippen molar-refractivity contribution in [1.29, 1.82) is 0 Å². The average Bonchev–Trinajstić information content (AvgIpc) is 0.755. The molecule has 30 heteroatoms. The van der Waals surface area contributed by atoms with E-state index in [0.717, 1.165) is 148 Å². The third kappa shape index (κ3) is 39.8. The van der Waals surface area contributed by atoms with Crippen LogP contribution in [0.1, 0.15) is 303 Å². The van der Waals surface area contributed by atoms with Gasteiger partial charge in [-0.15, -0.1) is 0 Å². The minimum Gasteiger partial charge on any atom is -0.379 e. The first-order valence-corrected chi connectivity index (χ1v) is 49.8. The van der Waals surface area contributed by atoms with E-state index in [9.17, 15) is 13.9 Å². The summed E-state index contributed by atoms with van der Waals surface area (Å²) in [6.45, 7) is 38.2. The number of hydrogen-bond donors (Lipinski definition) is 1. The number of rotatable bonds is 76. The molecule has 5 aliphatic rings. The second-order valence-electron chi connectivity index (χ2n) is 33.2. The van der Waals surface area contributed by atoms with Gasteiger partial charge in [-0.2, -0.15) is 0 Å². The lowest BCUT2D eigenvalue weighted by atomic mass is 9.94. The maximum Gasteiger partial charge on any atom is 0.468 e. The molecule has 122 heavy (non-hydrogen) atoms. The van der Waals surface area contributed by atoms with E-state index in [4.69, 9.17) is 118 Å². The summed E-state index contributed by atoms with van der Waals surface area (Å²) >= 11 is 0. The largest absolute Gasteiger partial charge is 0.468 e. The van der Waals surface area contributed by atoms with Crippen molar-refractivity contribution < 1.29 is 132 Å². The predicted octanol–water partition coefficient (Wildman–Crippen LogP) is 16.7. The number of nitrogens with one attached hydrogen (secondary N) is 1. The van der Waals surface area contributed by atoms with Gasteiger partial charge >= 0.3 is 7.91 Å². The van der Waals surface area contributed by atoms with E-state index in [1.54, 1.807) is 0 Å². The van der Waals surface area contributed by atoms with Crippen LogP contribution in [0.3, 0.4) is 0 Å². The van der Waals surface area contributed by atoms with Crippen molar-refractivity contribution in [1.82, 2.24) is 5.32 Å². The van der Waals surface area contributed by atoms with Gasteiger partial charge in [0.15, 0.2) is 31.5 Å². The van der Waals surface area contributed by atoms with Crippen LogP contribution in [0.5, 0.6) is 0 Å². The Labute approximate surface area is 736 Å². The molecular formula is C92H174NO28P. The van der Waals surface area contributed by atoms with Gasteiger partial charge in [0.2, 0.25) is 5.91 Å². The van der Waals surface area contributed by atoms with Gasteiger partial charge in [-0.25, -0.2) is 9.13 Å². The quantitative estimate of drug-likeness (QED) is 0.0437. The number of carbonyl (C=O) groups excluding carboxylic acids is 1. The average molecular weight is 1770 g/mol. The highest BCUT2D eigenvalue weighted by molar-refractivity contribution is 7.24. The SMILES string of the molecule is CCCCOCC1O[C@@H](OCCCC)C(NC(C)=O)[C@@H](OCCCC)[C@@H]1O[C@@H]1OC(CO[C@H]2OC(COCCCC)[C@@H](OCCCC)[C@H](OCCCC)C2OCCCC)[C@@H](OCCCC)[C@H](O[C@H]2O[C@@H](COCCCC)[C@@H](OCCCC)C(OCCCC)C2O[C@H]2O[C@@H](COP(=O)=O)[C@@H](OCCCC)C(OCCCC)C2OCCCC)C1OCCCC. The first kappa shape index (κ1) is 111. The topological polar surface area (TPSA) is 294 Å². The summed E-state index contributed by atoms with van der Waals surface area (Å²) in [6, 6.07) is -0.894. The lowest BCUT2D eigenvalue weighted by Gasteiger charge is -2.53. The van der Waals surface area contributed by atoms with Crippen LogP contribution < -0.4 is 5.32 Å². The molecule has 720 valence electrons. The highest BCUT2D eigenvalue weighted by Gasteiger charge is 2.60. The van der Waals surface area contributed by atoms with Crippen LogP contribution >= 0.6 is 7.91 Å². The zero-order valence-corrected chi connectivity index (χ0v) is 79.6. The van der Waals surface area contributed by atoms with Crippen LogP contribution in [-0.2, 0) is 132 Å². The molecular weight excluding hydrogens is 1600 g/mol. The van der Waals surface area contributed by atoms with Crippen LogP contribution in [0.2, 0.25) is 0 Å². The Kier molecular flexibility index (Phi) is 63.0. The Morgan fingerprint density at radius 1 is 0.238 bits per heavy atom. The summed E-state index contributed by atoms with van der Waals surface area (Å²) in [5, 5.41) is 3.21. The van der Waals surface area contributed by atoms with Gasteiger partial charge in [0, 0.05) is 106 Å². The first-order chi connectivity index (χ1) is 59.7. The van der Waals surface area contributed by atoms with Crippen LogP contribution in [0.4, 0.5) is 0 Å². The van der Waals surface area contributed by atoms with Crippen molar-refractivity contribution in [2.75, 3.05) is 132 Å².